The summed E-state index contributed by atoms with van der Waals surface area (Å²) in [5.74, 6) is -0.0641. The summed E-state index contributed by atoms with van der Waals surface area (Å²) in [7, 11) is 0. The summed E-state index contributed by atoms with van der Waals surface area (Å²) in [5.41, 5.74) is 5.02. The molecule has 2 aromatic carbocycles. The molecule has 0 aromatic heterocycles. The van der Waals surface area contributed by atoms with Crippen molar-refractivity contribution in [2.45, 2.75) is 39.0 Å². The van der Waals surface area contributed by atoms with Crippen LogP contribution in [0.5, 0.6) is 0 Å². The van der Waals surface area contributed by atoms with E-state index in [1.807, 2.05) is 30.3 Å². The first-order valence-electron chi connectivity index (χ1n) is 9.15. The fourth-order valence-electron chi connectivity index (χ4n) is 3.55. The maximum absolute atomic E-state index is 9.98. The predicted molar refractivity (Wildman–Crippen MR) is 109 cm³/mol. The van der Waals surface area contributed by atoms with Crippen molar-refractivity contribution in [2.24, 2.45) is 10.9 Å². The summed E-state index contributed by atoms with van der Waals surface area (Å²) in [6.07, 6.45) is 4.90. The van der Waals surface area contributed by atoms with Gasteiger partial charge in [0.1, 0.15) is 5.92 Å². The molecule has 26 heavy (non-hydrogen) atoms. The van der Waals surface area contributed by atoms with E-state index in [1.54, 1.807) is 0 Å². The average Bonchev–Trinajstić information content (AvgIpc) is 2.65. The van der Waals surface area contributed by atoms with Crippen molar-refractivity contribution < 1.29 is 0 Å². The molecular weight excluding hydrogens is 340 g/mol. The summed E-state index contributed by atoms with van der Waals surface area (Å²) in [5, 5.41) is 10.6. The maximum atomic E-state index is 9.98. The third-order valence-corrected chi connectivity index (χ3v) is 5.05. The van der Waals surface area contributed by atoms with E-state index in [0.29, 0.717) is 10.9 Å². The second-order valence-electron chi connectivity index (χ2n) is 6.83. The highest BCUT2D eigenvalue weighted by molar-refractivity contribution is 6.32. The van der Waals surface area contributed by atoms with E-state index >= 15 is 0 Å². The topological polar surface area (TPSA) is 36.1 Å². The summed E-state index contributed by atoms with van der Waals surface area (Å²) in [6.45, 7) is 4.31. The predicted octanol–water partition coefficient (Wildman–Crippen LogP) is 6.42. The van der Waals surface area contributed by atoms with Crippen LogP contribution in [0.25, 0.3) is 5.70 Å². The number of nitriles is 1. The summed E-state index contributed by atoms with van der Waals surface area (Å²) < 4.78 is 0. The van der Waals surface area contributed by atoms with Crippen molar-refractivity contribution in [1.29, 1.82) is 5.26 Å². The second kappa shape index (κ2) is 8.34. The van der Waals surface area contributed by atoms with Gasteiger partial charge in [-0.2, -0.15) is 5.26 Å². The number of hydrogen-bond donors (Lipinski definition) is 0. The quantitative estimate of drug-likeness (QED) is 0.604. The summed E-state index contributed by atoms with van der Waals surface area (Å²) >= 11 is 6.53. The van der Waals surface area contributed by atoms with Crippen LogP contribution in [0.4, 0.5) is 0 Å². The molecule has 132 valence electrons. The number of halogens is 1. The summed E-state index contributed by atoms with van der Waals surface area (Å²) in [4.78, 5) is 4.89. The van der Waals surface area contributed by atoms with Crippen LogP contribution < -0.4 is 0 Å². The standard InChI is InChI=1S/C23H23ClN2/c1-3-8-18-11-7-12-20(24)23(18)19(15-25)22-14-16(2)13-21(26-22)17-9-5-4-6-10-17/h4-7,9-13,16,19H,3,8,14H2,1-2H3. The van der Waals surface area contributed by atoms with Crippen molar-refractivity contribution in [2.75, 3.05) is 0 Å². The number of allylic oxidation sites excluding steroid dienone is 1. The molecule has 3 heteroatoms. The molecule has 2 atom stereocenters. The Kier molecular flexibility index (Phi) is 5.91. The van der Waals surface area contributed by atoms with Crippen LogP contribution in [0.3, 0.4) is 0 Å². The average molecular weight is 363 g/mol. The first-order chi connectivity index (χ1) is 12.6. The highest BCUT2D eigenvalue weighted by Gasteiger charge is 2.27. The number of benzene rings is 2. The Labute approximate surface area is 160 Å². The SMILES string of the molecule is CCCc1cccc(Cl)c1C(C#N)C1=NC(c2ccccc2)=CC(C)C1. The zero-order valence-electron chi connectivity index (χ0n) is 15.2. The van der Waals surface area contributed by atoms with Gasteiger partial charge in [0, 0.05) is 10.7 Å². The van der Waals surface area contributed by atoms with Crippen molar-refractivity contribution in [3.63, 3.8) is 0 Å². The maximum Gasteiger partial charge on any atom is 0.111 e. The Morgan fingerprint density at radius 3 is 2.65 bits per heavy atom. The second-order valence-corrected chi connectivity index (χ2v) is 7.23. The number of hydrogen-bond acceptors (Lipinski definition) is 2. The minimum Gasteiger partial charge on any atom is -0.256 e. The van der Waals surface area contributed by atoms with Gasteiger partial charge in [0.2, 0.25) is 0 Å². The minimum absolute atomic E-state index is 0.339. The van der Waals surface area contributed by atoms with Crippen molar-refractivity contribution in [3.8, 4) is 6.07 Å². The van der Waals surface area contributed by atoms with E-state index < -0.39 is 5.92 Å². The lowest BCUT2D eigenvalue weighted by Crippen LogP contribution is -2.19. The molecule has 0 N–H and O–H groups in total. The first kappa shape index (κ1) is 18.4. The Morgan fingerprint density at radius 1 is 1.19 bits per heavy atom. The molecule has 0 saturated carbocycles. The molecule has 3 rings (SSSR count). The van der Waals surface area contributed by atoms with Gasteiger partial charge in [-0.3, -0.25) is 4.99 Å². The van der Waals surface area contributed by atoms with Crippen LogP contribution in [-0.4, -0.2) is 5.71 Å². The van der Waals surface area contributed by atoms with Gasteiger partial charge in [-0.05, 0) is 41.5 Å². The van der Waals surface area contributed by atoms with Gasteiger partial charge in [0.25, 0.3) is 0 Å². The fourth-order valence-corrected chi connectivity index (χ4v) is 3.85. The molecule has 0 spiro atoms. The molecule has 0 amide bonds. The van der Waals surface area contributed by atoms with Crippen LogP contribution >= 0.6 is 11.6 Å². The molecule has 2 aromatic rings. The molecule has 2 nitrogen and oxygen atoms in total. The van der Waals surface area contributed by atoms with Gasteiger partial charge in [-0.1, -0.05) is 80.4 Å². The minimum atomic E-state index is -0.403. The van der Waals surface area contributed by atoms with Gasteiger partial charge in [0.15, 0.2) is 0 Å². The van der Waals surface area contributed by atoms with Crippen LogP contribution in [-0.2, 0) is 6.42 Å². The van der Waals surface area contributed by atoms with E-state index in [4.69, 9.17) is 16.6 Å². The van der Waals surface area contributed by atoms with Gasteiger partial charge in [-0.15, -0.1) is 0 Å². The zero-order chi connectivity index (χ0) is 18.5. The lowest BCUT2D eigenvalue weighted by Gasteiger charge is -2.23. The summed E-state index contributed by atoms with van der Waals surface area (Å²) in [6, 6.07) is 18.5. The number of nitrogens with zero attached hydrogens (tertiary/aromatic N) is 2. The van der Waals surface area contributed by atoms with Crippen LogP contribution in [0.2, 0.25) is 5.02 Å². The van der Waals surface area contributed by atoms with Gasteiger partial charge >= 0.3 is 0 Å². The smallest absolute Gasteiger partial charge is 0.111 e. The fraction of sp³-hybridized carbons (Fsp3) is 0.304. The van der Waals surface area contributed by atoms with Crippen molar-refractivity contribution in [3.05, 3.63) is 76.3 Å². The molecular formula is C23H23ClN2. The van der Waals surface area contributed by atoms with Gasteiger partial charge in [-0.25, -0.2) is 0 Å². The van der Waals surface area contributed by atoms with E-state index in [9.17, 15) is 5.26 Å². The molecule has 1 heterocycles. The van der Waals surface area contributed by atoms with Crippen LogP contribution in [0.1, 0.15) is 49.3 Å². The third kappa shape index (κ3) is 3.89. The van der Waals surface area contributed by atoms with Gasteiger partial charge in [0.05, 0.1) is 11.8 Å². The molecule has 0 saturated heterocycles. The van der Waals surface area contributed by atoms with E-state index in [1.165, 1.54) is 0 Å². The van der Waals surface area contributed by atoms with E-state index in [-0.39, 0.29) is 0 Å². The lowest BCUT2D eigenvalue weighted by atomic mass is 9.84. The van der Waals surface area contributed by atoms with Crippen molar-refractivity contribution in [1.82, 2.24) is 0 Å². The van der Waals surface area contributed by atoms with Gasteiger partial charge < -0.3 is 0 Å². The Bertz CT molecular complexity index is 875. The molecule has 0 aliphatic carbocycles. The number of aryl methyl sites for hydroxylation is 1. The molecule has 0 bridgehead atoms. The molecule has 2 unspecified atom stereocenters. The third-order valence-electron chi connectivity index (χ3n) is 4.72. The number of aliphatic imine (C=N–C) groups is 1. The Morgan fingerprint density at radius 2 is 1.96 bits per heavy atom. The molecule has 0 radical (unpaired) electrons. The lowest BCUT2D eigenvalue weighted by molar-refractivity contribution is 0.744. The largest absolute Gasteiger partial charge is 0.256 e. The van der Waals surface area contributed by atoms with Crippen molar-refractivity contribution >= 4 is 23.0 Å². The first-order valence-corrected chi connectivity index (χ1v) is 9.53. The molecule has 1 aliphatic rings. The Balaban J connectivity index is 2.05. The normalized spacial score (nSPS) is 17.8. The zero-order valence-corrected chi connectivity index (χ0v) is 16.0. The van der Waals surface area contributed by atoms with E-state index in [0.717, 1.165) is 47.4 Å². The van der Waals surface area contributed by atoms with Crippen LogP contribution in [0.15, 0.2) is 59.6 Å². The Hall–Kier alpha value is -2.37. The van der Waals surface area contributed by atoms with Crippen LogP contribution in [0, 0.1) is 17.2 Å². The highest BCUT2D eigenvalue weighted by Crippen LogP contribution is 2.35. The molecule has 0 fully saturated rings. The van der Waals surface area contributed by atoms with E-state index in [2.05, 4.69) is 44.2 Å². The monoisotopic (exact) mass is 362 g/mol. The highest BCUT2D eigenvalue weighted by atomic mass is 35.5. The molecule has 1 aliphatic heterocycles. The number of rotatable bonds is 5.